The van der Waals surface area contributed by atoms with Crippen molar-refractivity contribution in [3.63, 3.8) is 0 Å². The molecule has 2 heterocycles. The Morgan fingerprint density at radius 2 is 1.94 bits per heavy atom. The number of nitrogen functional groups attached to an aromatic ring is 1. The normalized spacial score (nSPS) is 11.1. The van der Waals surface area contributed by atoms with Crippen LogP contribution in [0, 0.1) is 0 Å². The van der Waals surface area contributed by atoms with Gasteiger partial charge in [-0.15, -0.1) is 10.2 Å². The van der Waals surface area contributed by atoms with Crippen LogP contribution in [-0.4, -0.2) is 26.4 Å². The summed E-state index contributed by atoms with van der Waals surface area (Å²) in [4.78, 5) is 8.68. The third-order valence-electron chi connectivity index (χ3n) is 2.01. The lowest BCUT2D eigenvalue weighted by molar-refractivity contribution is 0.756. The summed E-state index contributed by atoms with van der Waals surface area (Å²) < 4.78 is 1.82. The zero-order valence-electron chi connectivity index (χ0n) is 10.2. The SMILES string of the molecule is CSc1nnc(Sc2cc(N)nc(C(C)C)n2)s1. The highest BCUT2D eigenvalue weighted by Gasteiger charge is 2.10. The van der Waals surface area contributed by atoms with E-state index in [1.54, 1.807) is 29.2 Å². The van der Waals surface area contributed by atoms with E-state index in [9.17, 15) is 0 Å². The summed E-state index contributed by atoms with van der Waals surface area (Å²) in [5.41, 5.74) is 5.78. The molecule has 0 bridgehead atoms. The Labute approximate surface area is 118 Å². The Bertz CT molecular complexity index is 540. The topological polar surface area (TPSA) is 77.6 Å². The molecule has 0 saturated carbocycles. The second kappa shape index (κ2) is 5.85. The summed E-state index contributed by atoms with van der Waals surface area (Å²) >= 11 is 4.61. The molecule has 0 fully saturated rings. The van der Waals surface area contributed by atoms with E-state index in [0.29, 0.717) is 5.82 Å². The highest BCUT2D eigenvalue weighted by atomic mass is 32.2. The first-order chi connectivity index (χ1) is 8.58. The van der Waals surface area contributed by atoms with E-state index < -0.39 is 0 Å². The van der Waals surface area contributed by atoms with Crippen LogP contribution in [0.5, 0.6) is 0 Å². The van der Waals surface area contributed by atoms with Gasteiger partial charge >= 0.3 is 0 Å². The van der Waals surface area contributed by atoms with Crippen LogP contribution < -0.4 is 5.73 Å². The number of nitrogens with zero attached hydrogens (tertiary/aromatic N) is 4. The first kappa shape index (κ1) is 13.6. The summed E-state index contributed by atoms with van der Waals surface area (Å²) in [7, 11) is 0. The molecule has 2 rings (SSSR count). The molecule has 0 aromatic carbocycles. The van der Waals surface area contributed by atoms with Crippen molar-refractivity contribution in [2.24, 2.45) is 0 Å². The van der Waals surface area contributed by atoms with Gasteiger partial charge in [0.2, 0.25) is 0 Å². The van der Waals surface area contributed by atoms with Crippen molar-refractivity contribution in [2.45, 2.75) is 33.5 Å². The lowest BCUT2D eigenvalue weighted by Crippen LogP contribution is -2.02. The molecule has 2 aromatic heterocycles. The Morgan fingerprint density at radius 1 is 1.22 bits per heavy atom. The van der Waals surface area contributed by atoms with E-state index in [2.05, 4.69) is 20.2 Å². The van der Waals surface area contributed by atoms with Crippen molar-refractivity contribution in [1.29, 1.82) is 0 Å². The van der Waals surface area contributed by atoms with Gasteiger partial charge in [-0.1, -0.05) is 36.9 Å². The number of aromatic nitrogens is 4. The molecule has 0 aliphatic heterocycles. The summed E-state index contributed by atoms with van der Waals surface area (Å²) in [6, 6.07) is 1.76. The molecule has 2 N–H and O–H groups in total. The van der Waals surface area contributed by atoms with E-state index in [1.165, 1.54) is 11.8 Å². The van der Waals surface area contributed by atoms with Crippen LogP contribution in [0.25, 0.3) is 0 Å². The predicted octanol–water partition coefficient (Wildman–Crippen LogP) is 2.91. The highest BCUT2D eigenvalue weighted by molar-refractivity contribution is 8.02. The average Bonchev–Trinajstić information content (AvgIpc) is 2.76. The van der Waals surface area contributed by atoms with E-state index in [0.717, 1.165) is 19.5 Å². The Morgan fingerprint density at radius 3 is 2.56 bits per heavy atom. The second-order valence-corrected chi connectivity index (χ2v) is 7.08. The number of nitrogens with two attached hydrogens (primary N) is 1. The number of rotatable bonds is 4. The monoisotopic (exact) mass is 299 g/mol. The molecule has 0 amide bonds. The lowest BCUT2D eigenvalue weighted by atomic mass is 10.2. The highest BCUT2D eigenvalue weighted by Crippen LogP contribution is 2.32. The van der Waals surface area contributed by atoms with Crippen LogP contribution in [0.2, 0.25) is 0 Å². The molecule has 0 unspecified atom stereocenters. The average molecular weight is 299 g/mol. The van der Waals surface area contributed by atoms with E-state index in [4.69, 9.17) is 5.73 Å². The maximum atomic E-state index is 5.78. The molecule has 0 saturated heterocycles. The quantitative estimate of drug-likeness (QED) is 0.687. The summed E-state index contributed by atoms with van der Waals surface area (Å²) in [5.74, 6) is 1.50. The smallest absolute Gasteiger partial charge is 0.181 e. The fraction of sp³-hybridized carbons (Fsp3) is 0.400. The number of thioether (sulfide) groups is 1. The van der Waals surface area contributed by atoms with Gasteiger partial charge in [0.1, 0.15) is 16.7 Å². The van der Waals surface area contributed by atoms with E-state index in [-0.39, 0.29) is 5.92 Å². The van der Waals surface area contributed by atoms with Gasteiger partial charge in [-0.2, -0.15) is 0 Å². The predicted molar refractivity (Wildman–Crippen MR) is 76.3 cm³/mol. The van der Waals surface area contributed by atoms with Crippen LogP contribution in [0.4, 0.5) is 5.82 Å². The van der Waals surface area contributed by atoms with Gasteiger partial charge in [0.15, 0.2) is 8.68 Å². The fourth-order valence-corrected chi connectivity index (χ4v) is 3.58. The summed E-state index contributed by atoms with van der Waals surface area (Å²) in [6.45, 7) is 4.08. The van der Waals surface area contributed by atoms with Gasteiger partial charge in [0.05, 0.1) is 0 Å². The van der Waals surface area contributed by atoms with Gasteiger partial charge in [0, 0.05) is 12.0 Å². The number of anilines is 1. The minimum atomic E-state index is 0.254. The van der Waals surface area contributed by atoms with Crippen molar-refractivity contribution in [1.82, 2.24) is 20.2 Å². The Hall–Kier alpha value is -0.860. The minimum Gasteiger partial charge on any atom is -0.384 e. The fourth-order valence-electron chi connectivity index (χ4n) is 1.18. The molecule has 8 heteroatoms. The van der Waals surface area contributed by atoms with Crippen LogP contribution in [0.3, 0.4) is 0 Å². The second-order valence-electron chi connectivity index (χ2n) is 3.78. The van der Waals surface area contributed by atoms with Gasteiger partial charge in [-0.25, -0.2) is 9.97 Å². The van der Waals surface area contributed by atoms with Gasteiger partial charge in [0.25, 0.3) is 0 Å². The lowest BCUT2D eigenvalue weighted by Gasteiger charge is -2.06. The van der Waals surface area contributed by atoms with Crippen molar-refractivity contribution >= 4 is 40.7 Å². The van der Waals surface area contributed by atoms with Crippen LogP contribution in [0.15, 0.2) is 19.8 Å². The number of hydrogen-bond donors (Lipinski definition) is 1. The Kier molecular flexibility index (Phi) is 4.41. The zero-order chi connectivity index (χ0) is 13.1. The van der Waals surface area contributed by atoms with Crippen LogP contribution in [-0.2, 0) is 0 Å². The van der Waals surface area contributed by atoms with Gasteiger partial charge in [-0.05, 0) is 18.0 Å². The Balaban J connectivity index is 2.23. The zero-order valence-corrected chi connectivity index (χ0v) is 12.7. The first-order valence-electron chi connectivity index (χ1n) is 5.28. The molecule has 18 heavy (non-hydrogen) atoms. The van der Waals surface area contributed by atoms with E-state index >= 15 is 0 Å². The van der Waals surface area contributed by atoms with Crippen molar-refractivity contribution in [3.05, 3.63) is 11.9 Å². The third-order valence-corrected chi connectivity index (χ3v) is 4.88. The molecule has 0 atom stereocenters. The molecule has 0 aliphatic carbocycles. The van der Waals surface area contributed by atoms with E-state index in [1.807, 2.05) is 20.1 Å². The maximum Gasteiger partial charge on any atom is 0.181 e. The third kappa shape index (κ3) is 3.33. The molecule has 0 aliphatic rings. The first-order valence-corrected chi connectivity index (χ1v) is 8.14. The molecular weight excluding hydrogens is 286 g/mol. The standard InChI is InChI=1S/C10H13N5S3/c1-5(2)8-12-6(11)4-7(13-8)17-10-15-14-9(16-3)18-10/h4-5H,1-3H3,(H2,11,12,13). The summed E-state index contributed by atoms with van der Waals surface area (Å²) in [5, 5.41) is 8.96. The van der Waals surface area contributed by atoms with Crippen molar-refractivity contribution in [2.75, 3.05) is 12.0 Å². The van der Waals surface area contributed by atoms with Crippen LogP contribution >= 0.6 is 34.9 Å². The number of hydrogen-bond acceptors (Lipinski definition) is 8. The summed E-state index contributed by atoms with van der Waals surface area (Å²) in [6.07, 6.45) is 1.98. The molecular formula is C10H13N5S3. The molecule has 5 nitrogen and oxygen atoms in total. The van der Waals surface area contributed by atoms with Crippen LogP contribution in [0.1, 0.15) is 25.6 Å². The largest absolute Gasteiger partial charge is 0.384 e. The molecule has 2 aromatic rings. The van der Waals surface area contributed by atoms with Crippen molar-refractivity contribution in [3.8, 4) is 0 Å². The van der Waals surface area contributed by atoms with Gasteiger partial charge in [-0.3, -0.25) is 0 Å². The minimum absolute atomic E-state index is 0.254. The maximum absolute atomic E-state index is 5.78. The molecule has 0 spiro atoms. The molecule has 0 radical (unpaired) electrons. The van der Waals surface area contributed by atoms with Crippen molar-refractivity contribution < 1.29 is 0 Å². The molecule has 96 valence electrons. The van der Waals surface area contributed by atoms with Gasteiger partial charge < -0.3 is 5.73 Å².